The second-order valence-electron chi connectivity index (χ2n) is 17.1. The van der Waals surface area contributed by atoms with Gasteiger partial charge in [-0.1, -0.05) is 6.07 Å². The minimum Gasteiger partial charge on any atom is -0.331 e. The van der Waals surface area contributed by atoms with Crippen molar-refractivity contribution >= 4 is 81.6 Å². The molecule has 3 aliphatic heterocycles. The third kappa shape index (κ3) is 9.06. The highest BCUT2D eigenvalue weighted by atomic mass is 35.5. The Labute approximate surface area is 364 Å². The Balaban J connectivity index is 0.00000622. The van der Waals surface area contributed by atoms with Crippen molar-refractivity contribution in [1.82, 2.24) is 29.8 Å². The van der Waals surface area contributed by atoms with Crippen LogP contribution in [0.5, 0.6) is 0 Å². The Morgan fingerprint density at radius 1 is 1.07 bits per heavy atom. The molecule has 0 spiro atoms. The molecule has 5 amide bonds. The molecule has 7 rings (SSSR count). The van der Waals surface area contributed by atoms with Gasteiger partial charge in [0.1, 0.15) is 5.54 Å². The van der Waals surface area contributed by atoms with Gasteiger partial charge in [0.15, 0.2) is 10.9 Å². The van der Waals surface area contributed by atoms with Crippen molar-refractivity contribution < 1.29 is 32.3 Å². The highest BCUT2D eigenvalue weighted by molar-refractivity contribution is 7.80. The molecule has 14 nitrogen and oxygen atoms in total. The first kappa shape index (κ1) is 45.7. The summed E-state index contributed by atoms with van der Waals surface area (Å²) < 4.78 is 42.9. The SMILES string of the molecule is C[C@@H]1CN(CCCC2CCC(N3C(=S)N(c4ccc(C#N)c(C(F)(F)F)c4)C(=O)C3(C)C)CC2)C[C@H](C)N1CC(=O)Nc1cccc2c(N3CCC(=O)NC3=O)nn(C)c12.Cl. The van der Waals surface area contributed by atoms with Crippen LogP contribution < -0.4 is 20.4 Å². The van der Waals surface area contributed by atoms with E-state index in [1.807, 2.05) is 23.1 Å². The summed E-state index contributed by atoms with van der Waals surface area (Å²) in [5.41, 5.74) is -1.36. The number of hydrogen-bond donors (Lipinski definition) is 2. The van der Waals surface area contributed by atoms with Crippen LogP contribution in [0.3, 0.4) is 0 Å². The molecule has 0 bridgehead atoms. The molecule has 2 aromatic carbocycles. The predicted octanol–water partition coefficient (Wildman–Crippen LogP) is 6.42. The zero-order valence-corrected chi connectivity index (χ0v) is 36.6. The lowest BCUT2D eigenvalue weighted by molar-refractivity contribution is -0.137. The van der Waals surface area contributed by atoms with Gasteiger partial charge < -0.3 is 15.1 Å². The van der Waals surface area contributed by atoms with E-state index in [1.165, 1.54) is 15.9 Å². The van der Waals surface area contributed by atoms with Gasteiger partial charge in [-0.05, 0) is 121 Å². The maximum atomic E-state index is 13.8. The van der Waals surface area contributed by atoms with Crippen LogP contribution in [0.15, 0.2) is 36.4 Å². The zero-order valence-electron chi connectivity index (χ0n) is 34.9. The average Bonchev–Trinajstić information content (AvgIpc) is 3.61. The van der Waals surface area contributed by atoms with Gasteiger partial charge in [0.25, 0.3) is 5.91 Å². The number of nitriles is 1. The van der Waals surface area contributed by atoms with Crippen LogP contribution in [0.2, 0.25) is 0 Å². The number of benzene rings is 2. The van der Waals surface area contributed by atoms with Crippen molar-refractivity contribution in [3.8, 4) is 6.07 Å². The fraction of sp³-hybridized carbons (Fsp3) is 0.548. The van der Waals surface area contributed by atoms with E-state index < -0.39 is 28.9 Å². The minimum absolute atomic E-state index is 0. The summed E-state index contributed by atoms with van der Waals surface area (Å²) >= 11 is 5.78. The number of para-hydroxylation sites is 1. The number of anilines is 3. The van der Waals surface area contributed by atoms with Gasteiger partial charge in [0.05, 0.1) is 40.6 Å². The molecule has 4 heterocycles. The van der Waals surface area contributed by atoms with Crippen LogP contribution in [-0.4, -0.2) is 110 Å². The maximum absolute atomic E-state index is 13.8. The van der Waals surface area contributed by atoms with Gasteiger partial charge in [0.2, 0.25) is 11.8 Å². The number of urea groups is 1. The molecule has 1 aliphatic carbocycles. The molecule has 61 heavy (non-hydrogen) atoms. The summed E-state index contributed by atoms with van der Waals surface area (Å²) in [7, 11) is 1.76. The number of amides is 5. The van der Waals surface area contributed by atoms with Crippen LogP contribution in [0.4, 0.5) is 35.2 Å². The number of rotatable bonds is 10. The molecule has 0 radical (unpaired) electrons. The number of thiocarbonyl (C=S) groups is 1. The second kappa shape index (κ2) is 17.9. The van der Waals surface area contributed by atoms with E-state index >= 15 is 0 Å². The number of imide groups is 1. The highest BCUT2D eigenvalue weighted by Crippen LogP contribution is 2.42. The van der Waals surface area contributed by atoms with Gasteiger partial charge >= 0.3 is 12.2 Å². The Kier molecular flexibility index (Phi) is 13.4. The number of fused-ring (bicyclic) bond motifs is 1. The fourth-order valence-corrected chi connectivity index (χ4v) is 10.2. The van der Waals surface area contributed by atoms with Crippen LogP contribution in [0, 0.1) is 17.2 Å². The lowest BCUT2D eigenvalue weighted by atomic mass is 9.82. The normalized spacial score (nSPS) is 23.9. The van der Waals surface area contributed by atoms with E-state index in [2.05, 4.69) is 39.4 Å². The van der Waals surface area contributed by atoms with Crippen molar-refractivity contribution in [1.29, 1.82) is 5.26 Å². The topological polar surface area (TPSA) is 150 Å². The lowest BCUT2D eigenvalue weighted by Crippen LogP contribution is -2.58. The third-order valence-corrected chi connectivity index (χ3v) is 13.0. The summed E-state index contributed by atoms with van der Waals surface area (Å²) in [5.74, 6) is 0.0861. The number of carbonyl (C=O) groups is 4. The van der Waals surface area contributed by atoms with E-state index in [-0.39, 0.29) is 78.6 Å². The summed E-state index contributed by atoms with van der Waals surface area (Å²) in [5, 5.41) is 20.1. The quantitative estimate of drug-likeness (QED) is 0.219. The monoisotopic (exact) mass is 884 g/mol. The van der Waals surface area contributed by atoms with Crippen LogP contribution >= 0.6 is 24.6 Å². The first-order valence-electron chi connectivity index (χ1n) is 20.5. The molecule has 3 aromatic rings. The molecule has 2 N–H and O–H groups in total. The van der Waals surface area contributed by atoms with Crippen molar-refractivity contribution in [3.63, 3.8) is 0 Å². The summed E-state index contributed by atoms with van der Waals surface area (Å²) in [6.07, 6.45) is 1.07. The van der Waals surface area contributed by atoms with E-state index in [4.69, 9.17) is 12.2 Å². The second-order valence-corrected chi connectivity index (χ2v) is 17.5. The number of alkyl halides is 3. The molecule has 19 heteroatoms. The van der Waals surface area contributed by atoms with Crippen LogP contribution in [0.1, 0.15) is 83.8 Å². The van der Waals surface area contributed by atoms with E-state index in [0.717, 1.165) is 70.3 Å². The Morgan fingerprint density at radius 2 is 1.75 bits per heavy atom. The minimum atomic E-state index is -4.75. The van der Waals surface area contributed by atoms with Gasteiger partial charge in [-0.15, -0.1) is 12.4 Å². The van der Waals surface area contributed by atoms with E-state index in [9.17, 15) is 37.6 Å². The van der Waals surface area contributed by atoms with Crippen molar-refractivity contribution in [2.75, 3.05) is 47.8 Å². The number of halogens is 4. The number of nitrogens with one attached hydrogen (secondary N) is 2. The van der Waals surface area contributed by atoms with Gasteiger partial charge in [-0.25, -0.2) is 4.79 Å². The molecule has 0 unspecified atom stereocenters. The Morgan fingerprint density at radius 3 is 2.39 bits per heavy atom. The summed E-state index contributed by atoms with van der Waals surface area (Å²) in [6.45, 7) is 10.9. The molecule has 2 atom stereocenters. The zero-order chi connectivity index (χ0) is 43.3. The van der Waals surface area contributed by atoms with Crippen molar-refractivity contribution in [2.45, 2.75) is 102 Å². The predicted molar refractivity (Wildman–Crippen MR) is 231 cm³/mol. The molecule has 328 valence electrons. The molecule has 1 saturated carbocycles. The number of nitrogens with zero attached hydrogens (tertiary/aromatic N) is 8. The summed E-state index contributed by atoms with van der Waals surface area (Å²) in [6, 6.07) is 10.1. The number of aryl methyl sites for hydroxylation is 1. The summed E-state index contributed by atoms with van der Waals surface area (Å²) in [4.78, 5) is 60.7. The van der Waals surface area contributed by atoms with E-state index in [1.54, 1.807) is 31.6 Å². The van der Waals surface area contributed by atoms with Crippen molar-refractivity contribution in [2.24, 2.45) is 13.0 Å². The number of hydrogen-bond acceptors (Lipinski definition) is 9. The molecule has 4 fully saturated rings. The van der Waals surface area contributed by atoms with Crippen LogP contribution in [-0.2, 0) is 27.6 Å². The molecular formula is C42H52ClF3N10O4S. The first-order chi connectivity index (χ1) is 28.4. The number of aromatic nitrogens is 2. The highest BCUT2D eigenvalue weighted by Gasteiger charge is 2.52. The molecule has 1 aromatic heterocycles. The van der Waals surface area contributed by atoms with Gasteiger partial charge in [-0.3, -0.25) is 39.1 Å². The number of piperazine rings is 1. The Bertz CT molecular complexity index is 2240. The largest absolute Gasteiger partial charge is 0.417 e. The smallest absolute Gasteiger partial charge is 0.331 e. The fourth-order valence-electron chi connectivity index (χ4n) is 9.65. The average molecular weight is 885 g/mol. The van der Waals surface area contributed by atoms with Gasteiger partial charge in [-0.2, -0.15) is 23.5 Å². The maximum Gasteiger partial charge on any atom is 0.417 e. The standard InChI is InChI=1S/C42H51F3N10O4S.ClH/c1-25-22-51(23-26(2)53(25)24-35(57)47-33-10-6-9-31-36(33)50(5)49-37(31)52-19-17-34(56)48-39(52)59)18-7-8-27-11-14-29(15-12-27)55-40(60)54(38(58)41(55,3)4)30-16-13-28(21-46)32(20-30)42(43,44)45;/h6,9-10,13,16,20,25-27,29H,7-8,11-12,14-15,17-19,22-24H2,1-5H3,(H,47,57)(H,48,56,59);1H/t25-,26+,27?,29?;. The third-order valence-electron chi connectivity index (χ3n) is 12.6. The van der Waals surface area contributed by atoms with Crippen molar-refractivity contribution in [3.05, 3.63) is 47.5 Å². The molecular weight excluding hydrogens is 833 g/mol. The Hall–Kier alpha value is -4.83. The van der Waals surface area contributed by atoms with E-state index in [0.29, 0.717) is 28.3 Å². The first-order valence-corrected chi connectivity index (χ1v) is 20.9. The lowest BCUT2D eigenvalue weighted by Gasteiger charge is -2.44. The van der Waals surface area contributed by atoms with Gasteiger partial charge in [0, 0.05) is 56.6 Å². The number of carbonyl (C=O) groups excluding carboxylic acids is 4. The molecule has 4 aliphatic rings. The molecule has 3 saturated heterocycles. The van der Waals surface area contributed by atoms with Crippen LogP contribution in [0.25, 0.3) is 10.9 Å².